The summed E-state index contributed by atoms with van der Waals surface area (Å²) in [4.78, 5) is 31.6. The molecule has 0 aliphatic carbocycles. The van der Waals surface area contributed by atoms with E-state index in [1.165, 1.54) is 25.4 Å². The number of hydrogen-bond acceptors (Lipinski definition) is 5. The SMILES string of the molecule is COC(=O)C(OC(=O)c1cnc2cc[nH]c2c1)c1ccc(Cl)cc1Cl. The minimum absolute atomic E-state index is 0.189. The molecule has 1 aromatic carbocycles. The van der Waals surface area contributed by atoms with Gasteiger partial charge in [-0.05, 0) is 24.3 Å². The van der Waals surface area contributed by atoms with Crippen LogP contribution in [0.4, 0.5) is 0 Å². The van der Waals surface area contributed by atoms with Gasteiger partial charge in [-0.3, -0.25) is 4.98 Å². The molecular formula is C17H12Cl2N2O4. The molecule has 128 valence electrons. The number of aromatic amines is 1. The third kappa shape index (κ3) is 3.60. The number of hydrogen-bond donors (Lipinski definition) is 1. The van der Waals surface area contributed by atoms with Crippen molar-refractivity contribution in [2.75, 3.05) is 7.11 Å². The average molecular weight is 379 g/mol. The first-order chi connectivity index (χ1) is 12.0. The molecule has 3 aromatic rings. The van der Waals surface area contributed by atoms with Crippen LogP contribution >= 0.6 is 23.2 Å². The number of benzene rings is 1. The Morgan fingerprint density at radius 1 is 1.20 bits per heavy atom. The number of methoxy groups -OCH3 is 1. The van der Waals surface area contributed by atoms with Crippen molar-refractivity contribution < 1.29 is 19.1 Å². The Morgan fingerprint density at radius 3 is 2.72 bits per heavy atom. The molecule has 1 N–H and O–H groups in total. The van der Waals surface area contributed by atoms with Crippen LogP contribution < -0.4 is 0 Å². The first-order valence-corrected chi connectivity index (χ1v) is 7.92. The molecule has 0 aliphatic heterocycles. The number of pyridine rings is 1. The predicted molar refractivity (Wildman–Crippen MR) is 92.7 cm³/mol. The summed E-state index contributed by atoms with van der Waals surface area (Å²) in [7, 11) is 1.19. The molecule has 0 amide bonds. The quantitative estimate of drug-likeness (QED) is 0.695. The van der Waals surface area contributed by atoms with Gasteiger partial charge in [0.2, 0.25) is 6.10 Å². The van der Waals surface area contributed by atoms with Crippen molar-refractivity contribution in [1.29, 1.82) is 0 Å². The lowest BCUT2D eigenvalue weighted by molar-refractivity contribution is -0.151. The Balaban J connectivity index is 1.91. The highest BCUT2D eigenvalue weighted by Crippen LogP contribution is 2.30. The molecule has 25 heavy (non-hydrogen) atoms. The zero-order valence-electron chi connectivity index (χ0n) is 13.0. The molecule has 2 aromatic heterocycles. The molecule has 1 unspecified atom stereocenters. The van der Waals surface area contributed by atoms with Crippen LogP contribution in [0.2, 0.25) is 10.0 Å². The maximum absolute atomic E-state index is 12.4. The number of carbonyl (C=O) groups excluding carboxylic acids is 2. The fourth-order valence-electron chi connectivity index (χ4n) is 2.28. The number of nitrogens with one attached hydrogen (secondary N) is 1. The Morgan fingerprint density at radius 2 is 2.00 bits per heavy atom. The summed E-state index contributed by atoms with van der Waals surface area (Å²) in [5, 5.41) is 0.582. The molecule has 0 spiro atoms. The molecule has 0 radical (unpaired) electrons. The van der Waals surface area contributed by atoms with Crippen molar-refractivity contribution in [1.82, 2.24) is 9.97 Å². The fourth-order valence-corrected chi connectivity index (χ4v) is 2.79. The molecule has 8 heteroatoms. The maximum atomic E-state index is 12.4. The monoisotopic (exact) mass is 378 g/mol. The molecule has 3 rings (SSSR count). The number of nitrogens with zero attached hydrogens (tertiary/aromatic N) is 1. The number of halogens is 2. The van der Waals surface area contributed by atoms with Gasteiger partial charge >= 0.3 is 11.9 Å². The van der Waals surface area contributed by atoms with E-state index in [4.69, 9.17) is 32.7 Å². The number of esters is 2. The predicted octanol–water partition coefficient (Wildman–Crippen LogP) is 3.94. The van der Waals surface area contributed by atoms with E-state index >= 15 is 0 Å². The first kappa shape index (κ1) is 17.3. The van der Waals surface area contributed by atoms with E-state index in [9.17, 15) is 9.59 Å². The van der Waals surface area contributed by atoms with E-state index in [2.05, 4.69) is 9.97 Å². The number of fused-ring (bicyclic) bond motifs is 1. The molecule has 1 atom stereocenters. The van der Waals surface area contributed by atoms with Gasteiger partial charge in [-0.2, -0.15) is 0 Å². The topological polar surface area (TPSA) is 81.3 Å². The summed E-state index contributed by atoms with van der Waals surface area (Å²) in [5.74, 6) is -1.49. The summed E-state index contributed by atoms with van der Waals surface area (Å²) in [6, 6.07) is 7.86. The molecule has 0 saturated heterocycles. The normalized spacial score (nSPS) is 12.0. The maximum Gasteiger partial charge on any atom is 0.352 e. The zero-order chi connectivity index (χ0) is 18.0. The van der Waals surface area contributed by atoms with E-state index in [0.29, 0.717) is 16.1 Å². The van der Waals surface area contributed by atoms with Gasteiger partial charge in [0.05, 0.1) is 23.7 Å². The summed E-state index contributed by atoms with van der Waals surface area (Å²) >= 11 is 12.0. The summed E-state index contributed by atoms with van der Waals surface area (Å²) in [6.45, 7) is 0. The van der Waals surface area contributed by atoms with Crippen LogP contribution in [0.1, 0.15) is 22.0 Å². The second-order valence-electron chi connectivity index (χ2n) is 5.11. The standard InChI is InChI=1S/C17H12Cl2N2O4/c1-24-17(23)15(11-3-2-10(18)7-12(11)19)25-16(22)9-6-14-13(21-8-9)4-5-20-14/h2-8,15,20H,1H3. The van der Waals surface area contributed by atoms with Crippen LogP contribution in [0.15, 0.2) is 42.7 Å². The van der Waals surface area contributed by atoms with Crippen LogP contribution in [0.5, 0.6) is 0 Å². The third-order valence-electron chi connectivity index (χ3n) is 3.52. The van der Waals surface area contributed by atoms with Gasteiger partial charge in [0, 0.05) is 28.0 Å². The summed E-state index contributed by atoms with van der Waals surface area (Å²) in [6.07, 6.45) is 1.76. The van der Waals surface area contributed by atoms with Gasteiger partial charge in [0.15, 0.2) is 0 Å². The van der Waals surface area contributed by atoms with Gasteiger partial charge in [0.25, 0.3) is 0 Å². The van der Waals surface area contributed by atoms with Crippen LogP contribution in [0.25, 0.3) is 11.0 Å². The van der Waals surface area contributed by atoms with Gasteiger partial charge in [-0.1, -0.05) is 29.3 Å². The Hall–Kier alpha value is -2.57. The van der Waals surface area contributed by atoms with Crippen LogP contribution in [-0.4, -0.2) is 29.0 Å². The number of carbonyl (C=O) groups is 2. The van der Waals surface area contributed by atoms with Crippen molar-refractivity contribution in [2.45, 2.75) is 6.10 Å². The molecule has 0 saturated carbocycles. The van der Waals surface area contributed by atoms with Gasteiger partial charge in [-0.25, -0.2) is 9.59 Å². The molecule has 0 aliphatic rings. The minimum Gasteiger partial charge on any atom is -0.466 e. The average Bonchev–Trinajstić information content (AvgIpc) is 3.07. The van der Waals surface area contributed by atoms with Gasteiger partial charge < -0.3 is 14.5 Å². The third-order valence-corrected chi connectivity index (χ3v) is 4.08. The molecular weight excluding hydrogens is 367 g/mol. The summed E-state index contributed by atoms with van der Waals surface area (Å²) in [5.41, 5.74) is 1.85. The highest BCUT2D eigenvalue weighted by atomic mass is 35.5. The van der Waals surface area contributed by atoms with Crippen molar-refractivity contribution in [3.8, 4) is 0 Å². The number of ether oxygens (including phenoxy) is 2. The zero-order valence-corrected chi connectivity index (χ0v) is 14.5. The van der Waals surface area contributed by atoms with E-state index in [0.717, 1.165) is 0 Å². The minimum atomic E-state index is -1.32. The van der Waals surface area contributed by atoms with Crippen LogP contribution in [0, 0.1) is 0 Å². The lowest BCUT2D eigenvalue weighted by Crippen LogP contribution is -2.21. The second kappa shape index (κ2) is 7.13. The first-order valence-electron chi connectivity index (χ1n) is 7.16. The fraction of sp³-hybridized carbons (Fsp3) is 0.118. The highest BCUT2D eigenvalue weighted by Gasteiger charge is 2.29. The molecule has 2 heterocycles. The van der Waals surface area contributed by atoms with Crippen molar-refractivity contribution in [3.63, 3.8) is 0 Å². The Bertz CT molecular complexity index is 955. The Labute approximate surface area is 152 Å². The summed E-state index contributed by atoms with van der Waals surface area (Å²) < 4.78 is 10.0. The van der Waals surface area contributed by atoms with E-state index in [1.54, 1.807) is 24.4 Å². The molecule has 0 fully saturated rings. The Kier molecular flexibility index (Phi) is 4.92. The van der Waals surface area contributed by atoms with Crippen molar-refractivity contribution in [3.05, 3.63) is 63.9 Å². The number of aromatic nitrogens is 2. The van der Waals surface area contributed by atoms with E-state index < -0.39 is 18.0 Å². The molecule has 0 bridgehead atoms. The number of rotatable bonds is 4. The lowest BCUT2D eigenvalue weighted by atomic mass is 10.1. The second-order valence-corrected chi connectivity index (χ2v) is 5.95. The molecule has 6 nitrogen and oxygen atoms in total. The van der Waals surface area contributed by atoms with Crippen molar-refractivity contribution in [2.24, 2.45) is 0 Å². The highest BCUT2D eigenvalue weighted by molar-refractivity contribution is 6.35. The van der Waals surface area contributed by atoms with Crippen molar-refractivity contribution >= 4 is 46.2 Å². The smallest absolute Gasteiger partial charge is 0.352 e. The van der Waals surface area contributed by atoms with E-state index in [1.807, 2.05) is 0 Å². The van der Waals surface area contributed by atoms with Gasteiger partial charge in [0.1, 0.15) is 0 Å². The van der Waals surface area contributed by atoms with Crippen LogP contribution in [-0.2, 0) is 14.3 Å². The van der Waals surface area contributed by atoms with Crippen LogP contribution in [0.3, 0.4) is 0 Å². The number of H-pyrrole nitrogens is 1. The van der Waals surface area contributed by atoms with E-state index in [-0.39, 0.29) is 16.1 Å². The largest absolute Gasteiger partial charge is 0.466 e. The van der Waals surface area contributed by atoms with Gasteiger partial charge in [-0.15, -0.1) is 0 Å². The lowest BCUT2D eigenvalue weighted by Gasteiger charge is -2.17.